The number of anilines is 1. The van der Waals surface area contributed by atoms with Gasteiger partial charge in [0.05, 0.1) is 25.6 Å². The van der Waals surface area contributed by atoms with Crippen molar-refractivity contribution in [3.63, 3.8) is 0 Å². The third-order valence-electron chi connectivity index (χ3n) is 5.10. The number of benzene rings is 2. The number of carboxylic acid groups (broad SMARTS) is 1. The molecule has 0 fully saturated rings. The van der Waals surface area contributed by atoms with E-state index in [1.165, 1.54) is 12.1 Å². The summed E-state index contributed by atoms with van der Waals surface area (Å²) in [6.07, 6.45) is 0.0110. The number of nitro groups is 1. The molecule has 0 spiro atoms. The van der Waals surface area contributed by atoms with Gasteiger partial charge in [0, 0.05) is 25.2 Å². The van der Waals surface area contributed by atoms with Crippen molar-refractivity contribution in [1.82, 2.24) is 4.90 Å². The van der Waals surface area contributed by atoms with E-state index in [2.05, 4.69) is 5.32 Å². The Morgan fingerprint density at radius 2 is 1.86 bits per heavy atom. The number of nitrogens with zero attached hydrogens (tertiary/aromatic N) is 2. The third-order valence-corrected chi connectivity index (χ3v) is 7.49. The van der Waals surface area contributed by atoms with Crippen molar-refractivity contribution in [1.29, 1.82) is 5.41 Å². The number of hydrogen-bond donors (Lipinski definition) is 5. The molecule has 0 saturated heterocycles. The van der Waals surface area contributed by atoms with Crippen molar-refractivity contribution in [2.24, 2.45) is 11.5 Å². The van der Waals surface area contributed by atoms with Crippen LogP contribution in [0.4, 0.5) is 11.4 Å². The van der Waals surface area contributed by atoms with Gasteiger partial charge in [-0.05, 0) is 36.6 Å². The number of aliphatic carboxylic acids is 1. The molecule has 0 bridgehead atoms. The fourth-order valence-electron chi connectivity index (χ4n) is 3.18. The Labute approximate surface area is 221 Å². The molecule has 13 nitrogen and oxygen atoms in total. The maximum absolute atomic E-state index is 13.1. The van der Waals surface area contributed by atoms with Crippen LogP contribution >= 0.6 is 23.2 Å². The van der Waals surface area contributed by atoms with E-state index >= 15 is 0 Å². The van der Waals surface area contributed by atoms with Gasteiger partial charge in [0.15, 0.2) is 15.8 Å². The van der Waals surface area contributed by atoms with E-state index in [9.17, 15) is 28.1 Å². The van der Waals surface area contributed by atoms with Crippen molar-refractivity contribution < 1.29 is 28.0 Å². The van der Waals surface area contributed by atoms with Crippen molar-refractivity contribution >= 4 is 62.2 Å². The maximum atomic E-state index is 13.1. The number of hydrogen-bond acceptors (Lipinski definition) is 9. The van der Waals surface area contributed by atoms with E-state index in [4.69, 9.17) is 45.2 Å². The van der Waals surface area contributed by atoms with Crippen LogP contribution < -0.4 is 16.8 Å². The Bertz CT molecular complexity index is 1320. The summed E-state index contributed by atoms with van der Waals surface area (Å²) in [5.74, 6) is -4.12. The Morgan fingerprint density at radius 3 is 2.43 bits per heavy atom. The Hall–Kier alpha value is -3.46. The summed E-state index contributed by atoms with van der Waals surface area (Å²) in [4.78, 5) is 34.4. The zero-order valence-corrected chi connectivity index (χ0v) is 21.5. The molecule has 0 aliphatic rings. The Morgan fingerprint density at radius 1 is 1.19 bits per heavy atom. The lowest BCUT2D eigenvalue weighted by atomic mass is 10.1. The molecule has 2 rings (SSSR count). The van der Waals surface area contributed by atoms with Crippen LogP contribution in [0.5, 0.6) is 0 Å². The number of guanidine groups is 1. The van der Waals surface area contributed by atoms with Crippen LogP contribution in [0.2, 0.25) is 10.0 Å². The lowest BCUT2D eigenvalue weighted by Crippen LogP contribution is -2.45. The predicted molar refractivity (Wildman–Crippen MR) is 137 cm³/mol. The molecular formula is C21H24Cl2N6O7S. The zero-order chi connectivity index (χ0) is 27.9. The van der Waals surface area contributed by atoms with Gasteiger partial charge < -0.3 is 21.9 Å². The summed E-state index contributed by atoms with van der Waals surface area (Å²) in [5.41, 5.74) is 10.9. The first kappa shape index (κ1) is 29.8. The number of carbonyl (C=O) groups excluding carboxylic acids is 1. The third kappa shape index (κ3) is 8.28. The van der Waals surface area contributed by atoms with Crippen LogP contribution in [0.25, 0.3) is 0 Å². The van der Waals surface area contributed by atoms with Crippen molar-refractivity contribution in [2.45, 2.75) is 30.3 Å². The number of sulfone groups is 1. The summed E-state index contributed by atoms with van der Waals surface area (Å²) in [7, 11) is -4.38. The number of carbonyl (C=O) groups is 2. The van der Waals surface area contributed by atoms with Gasteiger partial charge in [0.25, 0.3) is 5.69 Å². The SMILES string of the molecule is N=C(N)N(CCCC(N)C(=O)O)C(=O)CS(=O)(=O)c1ccc([N+](=O)[O-])cc1NCc1ccc(Cl)c(Cl)c1. The molecule has 16 heteroatoms. The van der Waals surface area contributed by atoms with E-state index in [-0.39, 0.29) is 47.2 Å². The number of nitrogens with one attached hydrogen (secondary N) is 2. The molecule has 0 aliphatic heterocycles. The first-order valence-electron chi connectivity index (χ1n) is 10.5. The number of nitrogens with two attached hydrogens (primary N) is 2. The highest BCUT2D eigenvalue weighted by Gasteiger charge is 2.28. The standard InChI is InChI=1S/C21H24Cl2N6O7S/c22-14-5-3-12(8-15(14)23)10-27-17-9-13(29(33)34)4-6-18(17)37(35,36)11-19(30)28(21(25)26)7-1-2-16(24)20(31)32/h3-6,8-9,16,27H,1-2,7,10-11,24H2,(H3,25,26)(H,31,32). The van der Waals surface area contributed by atoms with Gasteiger partial charge in [-0.1, -0.05) is 29.3 Å². The van der Waals surface area contributed by atoms with Gasteiger partial charge in [-0.15, -0.1) is 0 Å². The second-order valence-electron chi connectivity index (χ2n) is 7.82. The maximum Gasteiger partial charge on any atom is 0.320 e. The van der Waals surface area contributed by atoms with E-state index in [1.54, 1.807) is 6.07 Å². The minimum atomic E-state index is -4.38. The van der Waals surface area contributed by atoms with Crippen LogP contribution in [0, 0.1) is 15.5 Å². The Balaban J connectivity index is 2.28. The van der Waals surface area contributed by atoms with Gasteiger partial charge in [-0.2, -0.15) is 0 Å². The molecule has 1 unspecified atom stereocenters. The average molecular weight is 575 g/mol. The molecule has 7 N–H and O–H groups in total. The van der Waals surface area contributed by atoms with Crippen LogP contribution in [-0.2, 0) is 26.0 Å². The molecular weight excluding hydrogens is 551 g/mol. The second-order valence-corrected chi connectivity index (χ2v) is 10.6. The average Bonchev–Trinajstić information content (AvgIpc) is 2.81. The first-order valence-corrected chi connectivity index (χ1v) is 13.0. The van der Waals surface area contributed by atoms with E-state index in [1.807, 2.05) is 0 Å². The lowest BCUT2D eigenvalue weighted by Gasteiger charge is -2.21. The molecule has 1 amide bonds. The predicted octanol–water partition coefficient (Wildman–Crippen LogP) is 2.20. The molecule has 2 aromatic carbocycles. The summed E-state index contributed by atoms with van der Waals surface area (Å²) in [5, 5.41) is 31.1. The fraction of sp³-hybridized carbons (Fsp3) is 0.286. The highest BCUT2D eigenvalue weighted by atomic mass is 35.5. The normalized spacial score (nSPS) is 12.0. The number of rotatable bonds is 12. The molecule has 0 saturated carbocycles. The molecule has 0 aliphatic carbocycles. The highest BCUT2D eigenvalue weighted by Crippen LogP contribution is 2.29. The molecule has 0 radical (unpaired) electrons. The van der Waals surface area contributed by atoms with Gasteiger partial charge in [-0.3, -0.25) is 30.0 Å². The van der Waals surface area contributed by atoms with Crippen molar-refractivity contribution in [3.05, 3.63) is 62.1 Å². The molecule has 0 heterocycles. The van der Waals surface area contributed by atoms with E-state index < -0.39 is 44.4 Å². The summed E-state index contributed by atoms with van der Waals surface area (Å²) >= 11 is 11.9. The molecule has 2 aromatic rings. The minimum Gasteiger partial charge on any atom is -0.480 e. The number of nitro benzene ring substituents is 1. The summed E-state index contributed by atoms with van der Waals surface area (Å²) in [6, 6.07) is 6.50. The lowest BCUT2D eigenvalue weighted by molar-refractivity contribution is -0.384. The van der Waals surface area contributed by atoms with Gasteiger partial charge in [0.2, 0.25) is 5.91 Å². The topological polar surface area (TPSA) is 223 Å². The van der Waals surface area contributed by atoms with Crippen LogP contribution in [-0.4, -0.2) is 59.5 Å². The van der Waals surface area contributed by atoms with Crippen LogP contribution in [0.1, 0.15) is 18.4 Å². The summed E-state index contributed by atoms with van der Waals surface area (Å²) in [6.45, 7) is -0.203. The van der Waals surface area contributed by atoms with Gasteiger partial charge in [-0.25, -0.2) is 8.42 Å². The number of non-ortho nitro benzene ring substituents is 1. The fourth-order valence-corrected chi connectivity index (χ4v) is 4.88. The van der Waals surface area contributed by atoms with Crippen molar-refractivity contribution in [2.75, 3.05) is 17.6 Å². The van der Waals surface area contributed by atoms with Crippen LogP contribution in [0.3, 0.4) is 0 Å². The summed E-state index contributed by atoms with van der Waals surface area (Å²) < 4.78 is 26.3. The van der Waals surface area contributed by atoms with E-state index in [0.717, 1.165) is 18.2 Å². The number of carboxylic acids is 1. The largest absolute Gasteiger partial charge is 0.480 e. The zero-order valence-electron chi connectivity index (χ0n) is 19.2. The smallest absolute Gasteiger partial charge is 0.320 e. The van der Waals surface area contributed by atoms with Crippen LogP contribution in [0.15, 0.2) is 41.3 Å². The molecule has 200 valence electrons. The first-order chi connectivity index (χ1) is 17.2. The quantitative estimate of drug-likeness (QED) is 0.107. The molecule has 37 heavy (non-hydrogen) atoms. The Kier molecular flexibility index (Phi) is 10.2. The molecule has 1 atom stereocenters. The minimum absolute atomic E-state index is 0.0257. The molecule has 0 aromatic heterocycles. The second kappa shape index (κ2) is 12.7. The highest BCUT2D eigenvalue weighted by molar-refractivity contribution is 7.92. The number of amides is 1. The van der Waals surface area contributed by atoms with Gasteiger partial charge in [0.1, 0.15) is 11.8 Å². The number of halogens is 2. The van der Waals surface area contributed by atoms with E-state index in [0.29, 0.717) is 15.5 Å². The van der Waals surface area contributed by atoms with Crippen molar-refractivity contribution in [3.8, 4) is 0 Å². The monoisotopic (exact) mass is 574 g/mol. The van der Waals surface area contributed by atoms with Gasteiger partial charge >= 0.3 is 5.97 Å².